The number of hydrogen-bond donors (Lipinski definition) is 1. The number of rotatable bonds is 1. The topological polar surface area (TPSA) is 59.5 Å². The highest BCUT2D eigenvalue weighted by molar-refractivity contribution is 5.45. The summed E-state index contributed by atoms with van der Waals surface area (Å²) in [4.78, 5) is 6.71. The van der Waals surface area contributed by atoms with Gasteiger partial charge in [0.25, 0.3) is 0 Å². The zero-order chi connectivity index (χ0) is 13.7. The first-order valence-corrected chi connectivity index (χ1v) is 7.21. The fraction of sp³-hybridized carbons (Fsp3) is 0.571. The van der Waals surface area contributed by atoms with Crippen molar-refractivity contribution in [3.63, 3.8) is 0 Å². The quantitative estimate of drug-likeness (QED) is 0.855. The highest BCUT2D eigenvalue weighted by Crippen LogP contribution is 2.36. The van der Waals surface area contributed by atoms with Gasteiger partial charge in [0, 0.05) is 19.1 Å². The normalized spacial score (nSPS) is 29.9. The Hall–Kier alpha value is -1.69. The van der Waals surface area contributed by atoms with E-state index in [-0.39, 0.29) is 5.82 Å². The molecule has 5 nitrogen and oxygen atoms in total. The molecule has 0 radical (unpaired) electrons. The van der Waals surface area contributed by atoms with Crippen LogP contribution in [0.4, 0.5) is 10.3 Å². The summed E-state index contributed by atoms with van der Waals surface area (Å²) in [6.07, 6.45) is 4.79. The van der Waals surface area contributed by atoms with Crippen molar-refractivity contribution < 1.29 is 4.39 Å². The molecule has 3 heterocycles. The number of anilines is 1. The molecule has 0 aromatic carbocycles. The second kappa shape index (κ2) is 4.41. The first-order chi connectivity index (χ1) is 9.69. The van der Waals surface area contributed by atoms with Crippen LogP contribution in [0.2, 0.25) is 0 Å². The van der Waals surface area contributed by atoms with Crippen LogP contribution in [0.5, 0.6) is 0 Å². The monoisotopic (exact) mass is 275 g/mol. The Bertz CT molecular complexity index is 640. The van der Waals surface area contributed by atoms with Crippen LogP contribution in [0.25, 0.3) is 5.65 Å². The Labute approximate surface area is 116 Å². The molecule has 0 bridgehead atoms. The number of aromatic nitrogens is 3. The Morgan fingerprint density at radius 2 is 2.05 bits per heavy atom. The van der Waals surface area contributed by atoms with Crippen molar-refractivity contribution in [2.75, 3.05) is 18.0 Å². The lowest BCUT2D eigenvalue weighted by molar-refractivity contribution is 0.271. The van der Waals surface area contributed by atoms with Crippen LogP contribution in [-0.4, -0.2) is 33.7 Å². The van der Waals surface area contributed by atoms with Crippen LogP contribution >= 0.6 is 0 Å². The molecule has 0 spiro atoms. The van der Waals surface area contributed by atoms with E-state index < -0.39 is 0 Å². The molecule has 20 heavy (non-hydrogen) atoms. The van der Waals surface area contributed by atoms with Gasteiger partial charge in [-0.2, -0.15) is 4.98 Å². The number of nitrogens with two attached hydrogens (primary N) is 1. The SMILES string of the molecule is NC1CC[C@@H]2CN(c3nc4ccc(F)cn4n3)C[C@@H]2C1. The maximum absolute atomic E-state index is 13.2. The molecule has 2 aliphatic rings. The Balaban J connectivity index is 1.60. The molecule has 1 saturated heterocycles. The van der Waals surface area contributed by atoms with Crippen molar-refractivity contribution in [3.8, 4) is 0 Å². The average Bonchev–Trinajstić information content (AvgIpc) is 3.00. The number of nitrogens with zero attached hydrogens (tertiary/aromatic N) is 4. The minimum absolute atomic E-state index is 0.296. The van der Waals surface area contributed by atoms with Gasteiger partial charge in [-0.1, -0.05) is 0 Å². The highest BCUT2D eigenvalue weighted by atomic mass is 19.1. The maximum atomic E-state index is 13.2. The smallest absolute Gasteiger partial charge is 0.245 e. The third-order valence-corrected chi connectivity index (χ3v) is 4.66. The van der Waals surface area contributed by atoms with E-state index >= 15 is 0 Å². The van der Waals surface area contributed by atoms with Crippen LogP contribution in [0.1, 0.15) is 19.3 Å². The van der Waals surface area contributed by atoms with Gasteiger partial charge in [-0.05, 0) is 43.2 Å². The minimum Gasteiger partial charge on any atom is -0.339 e. The summed E-state index contributed by atoms with van der Waals surface area (Å²) in [5.41, 5.74) is 6.75. The fourth-order valence-electron chi connectivity index (χ4n) is 3.61. The van der Waals surface area contributed by atoms with Crippen LogP contribution in [0.3, 0.4) is 0 Å². The standard InChI is InChI=1S/C14H18FN5/c15-11-2-4-13-17-14(18-20(13)8-11)19-6-9-1-3-12(16)5-10(9)7-19/h2,4,8-10,12H,1,3,5-7,16H2/t9-,10+,12?/m1/s1. The zero-order valence-corrected chi connectivity index (χ0v) is 11.2. The van der Waals surface area contributed by atoms with Crippen molar-refractivity contribution in [1.29, 1.82) is 0 Å². The van der Waals surface area contributed by atoms with Crippen molar-refractivity contribution in [2.45, 2.75) is 25.3 Å². The van der Waals surface area contributed by atoms with Gasteiger partial charge in [0.1, 0.15) is 5.82 Å². The third kappa shape index (κ3) is 1.95. The molecule has 2 aromatic rings. The second-order valence-corrected chi connectivity index (χ2v) is 6.06. The van der Waals surface area contributed by atoms with E-state index in [2.05, 4.69) is 15.0 Å². The fourth-order valence-corrected chi connectivity index (χ4v) is 3.61. The van der Waals surface area contributed by atoms with Gasteiger partial charge in [0.15, 0.2) is 5.65 Å². The molecule has 2 N–H and O–H groups in total. The highest BCUT2D eigenvalue weighted by Gasteiger charge is 2.37. The molecule has 4 rings (SSSR count). The molecule has 1 saturated carbocycles. The summed E-state index contributed by atoms with van der Waals surface area (Å²) in [6, 6.07) is 3.42. The number of hydrogen-bond acceptors (Lipinski definition) is 4. The van der Waals surface area contributed by atoms with Gasteiger partial charge >= 0.3 is 0 Å². The first-order valence-electron chi connectivity index (χ1n) is 7.21. The Morgan fingerprint density at radius 3 is 2.95 bits per heavy atom. The summed E-state index contributed by atoms with van der Waals surface area (Å²) < 4.78 is 14.7. The average molecular weight is 275 g/mol. The first kappa shape index (κ1) is 12.1. The molecule has 1 unspecified atom stereocenters. The maximum Gasteiger partial charge on any atom is 0.245 e. The van der Waals surface area contributed by atoms with Crippen molar-refractivity contribution >= 4 is 11.6 Å². The lowest BCUT2D eigenvalue weighted by Gasteiger charge is -2.27. The van der Waals surface area contributed by atoms with Gasteiger partial charge in [0.05, 0.1) is 6.20 Å². The lowest BCUT2D eigenvalue weighted by Crippen LogP contribution is -2.32. The van der Waals surface area contributed by atoms with Crippen molar-refractivity contribution in [1.82, 2.24) is 14.6 Å². The van der Waals surface area contributed by atoms with E-state index in [1.54, 1.807) is 6.07 Å². The van der Waals surface area contributed by atoms with Gasteiger partial charge in [-0.3, -0.25) is 0 Å². The van der Waals surface area contributed by atoms with Crippen LogP contribution in [0.15, 0.2) is 18.3 Å². The molecule has 106 valence electrons. The van der Waals surface area contributed by atoms with Crippen LogP contribution in [0, 0.1) is 17.7 Å². The van der Waals surface area contributed by atoms with Gasteiger partial charge < -0.3 is 10.6 Å². The van der Waals surface area contributed by atoms with Gasteiger partial charge in [0.2, 0.25) is 5.95 Å². The van der Waals surface area contributed by atoms with Crippen LogP contribution < -0.4 is 10.6 Å². The second-order valence-electron chi connectivity index (χ2n) is 6.06. The molecule has 1 aliphatic heterocycles. The number of halogens is 1. The Morgan fingerprint density at radius 1 is 1.20 bits per heavy atom. The molecule has 3 atom stereocenters. The minimum atomic E-state index is -0.296. The predicted molar refractivity (Wildman–Crippen MR) is 74.0 cm³/mol. The number of pyridine rings is 1. The molecular weight excluding hydrogens is 257 g/mol. The lowest BCUT2D eigenvalue weighted by atomic mass is 9.79. The van der Waals surface area contributed by atoms with Gasteiger partial charge in [-0.25, -0.2) is 8.91 Å². The molecular formula is C14H18FN5. The van der Waals surface area contributed by atoms with Crippen LogP contribution in [-0.2, 0) is 0 Å². The molecule has 6 heteroatoms. The van der Waals surface area contributed by atoms with Crippen molar-refractivity contribution in [3.05, 3.63) is 24.1 Å². The molecule has 0 amide bonds. The van der Waals surface area contributed by atoms with Crippen molar-refractivity contribution in [2.24, 2.45) is 17.6 Å². The number of fused-ring (bicyclic) bond motifs is 2. The summed E-state index contributed by atoms with van der Waals surface area (Å²) in [5, 5.41) is 4.39. The summed E-state index contributed by atoms with van der Waals surface area (Å²) in [6.45, 7) is 1.97. The third-order valence-electron chi connectivity index (χ3n) is 4.66. The van der Waals surface area contributed by atoms with E-state index in [4.69, 9.17) is 5.73 Å². The van der Waals surface area contributed by atoms with Gasteiger partial charge in [-0.15, -0.1) is 5.10 Å². The van der Waals surface area contributed by atoms with E-state index in [0.717, 1.165) is 25.9 Å². The van der Waals surface area contributed by atoms with E-state index in [1.165, 1.54) is 23.2 Å². The summed E-state index contributed by atoms with van der Waals surface area (Å²) in [5.74, 6) is 1.77. The van der Waals surface area contributed by atoms with E-state index in [9.17, 15) is 4.39 Å². The van der Waals surface area contributed by atoms with E-state index in [0.29, 0.717) is 29.5 Å². The van der Waals surface area contributed by atoms with E-state index in [1.807, 2.05) is 0 Å². The molecule has 1 aliphatic carbocycles. The zero-order valence-electron chi connectivity index (χ0n) is 11.2. The molecule has 2 aromatic heterocycles. The Kier molecular flexibility index (Phi) is 2.66. The largest absolute Gasteiger partial charge is 0.339 e. The molecule has 2 fully saturated rings. The summed E-state index contributed by atoms with van der Waals surface area (Å²) >= 11 is 0. The predicted octanol–water partition coefficient (Wildman–Crippen LogP) is 1.43. The summed E-state index contributed by atoms with van der Waals surface area (Å²) in [7, 11) is 0.